The Bertz CT molecular complexity index is 970. The van der Waals surface area contributed by atoms with Gasteiger partial charge in [0.25, 0.3) is 0 Å². The lowest BCUT2D eigenvalue weighted by Gasteiger charge is -2.18. The lowest BCUT2D eigenvalue weighted by Crippen LogP contribution is -1.99. The Morgan fingerprint density at radius 3 is 1.69 bits per heavy atom. The summed E-state index contributed by atoms with van der Waals surface area (Å²) in [6.45, 7) is 14.3. The molecule has 0 saturated heterocycles. The van der Waals surface area contributed by atoms with E-state index in [0.29, 0.717) is 5.75 Å². The molecule has 3 nitrogen and oxygen atoms in total. The number of hydrogen-bond donors (Lipinski definition) is 1. The van der Waals surface area contributed by atoms with E-state index in [1.165, 1.54) is 11.1 Å². The highest BCUT2D eigenvalue weighted by molar-refractivity contribution is 5.77. The fraction of sp³-hybridized carbons (Fsp3) is 0.304. The van der Waals surface area contributed by atoms with Crippen LogP contribution in [0.2, 0.25) is 0 Å². The van der Waals surface area contributed by atoms with Crippen molar-refractivity contribution in [1.82, 2.24) is 9.97 Å². The molecule has 1 N–H and O–H groups in total. The molecule has 2 heterocycles. The summed E-state index contributed by atoms with van der Waals surface area (Å²) in [6.07, 6.45) is 0. The van der Waals surface area contributed by atoms with Crippen molar-refractivity contribution in [3.8, 4) is 28.4 Å². The molecule has 0 aliphatic carbocycles. The van der Waals surface area contributed by atoms with Crippen LogP contribution >= 0.6 is 0 Å². The van der Waals surface area contributed by atoms with E-state index in [2.05, 4.69) is 51.7 Å². The van der Waals surface area contributed by atoms with Gasteiger partial charge in [-0.1, -0.05) is 0 Å². The Balaban J connectivity index is 2.28. The number of pyridine rings is 2. The number of benzene rings is 1. The van der Waals surface area contributed by atoms with E-state index < -0.39 is 0 Å². The summed E-state index contributed by atoms with van der Waals surface area (Å²) in [5, 5.41) is 10.8. The van der Waals surface area contributed by atoms with E-state index in [1.54, 1.807) is 0 Å². The summed E-state index contributed by atoms with van der Waals surface area (Å²) in [5.41, 5.74) is 10.9. The summed E-state index contributed by atoms with van der Waals surface area (Å²) >= 11 is 0. The van der Waals surface area contributed by atoms with Gasteiger partial charge in [-0.15, -0.1) is 0 Å². The lowest BCUT2D eigenvalue weighted by molar-refractivity contribution is 0.471. The van der Waals surface area contributed by atoms with Crippen LogP contribution in [0.15, 0.2) is 24.3 Å². The third-order valence-electron chi connectivity index (χ3n) is 5.24. The summed E-state index contributed by atoms with van der Waals surface area (Å²) in [6, 6.07) is 8.19. The van der Waals surface area contributed by atoms with Crippen LogP contribution in [-0.2, 0) is 0 Å². The lowest BCUT2D eigenvalue weighted by atomic mass is 9.91. The molecular weight excluding hydrogens is 320 g/mol. The van der Waals surface area contributed by atoms with Crippen molar-refractivity contribution in [2.24, 2.45) is 0 Å². The molecule has 3 rings (SSSR count). The molecule has 0 bridgehead atoms. The number of nitrogens with zero attached hydrogens (tertiary/aromatic N) is 2. The highest BCUT2D eigenvalue weighted by Crippen LogP contribution is 2.39. The van der Waals surface area contributed by atoms with Crippen LogP contribution in [0.4, 0.5) is 0 Å². The van der Waals surface area contributed by atoms with Gasteiger partial charge in [0.05, 0.1) is 17.1 Å². The minimum absolute atomic E-state index is 0.322. The van der Waals surface area contributed by atoms with Crippen molar-refractivity contribution >= 4 is 0 Å². The van der Waals surface area contributed by atoms with Gasteiger partial charge in [0, 0.05) is 11.3 Å². The average molecular weight is 346 g/mol. The van der Waals surface area contributed by atoms with Crippen LogP contribution in [0.3, 0.4) is 0 Å². The van der Waals surface area contributed by atoms with Crippen molar-refractivity contribution in [1.29, 1.82) is 0 Å². The summed E-state index contributed by atoms with van der Waals surface area (Å²) < 4.78 is 0. The Morgan fingerprint density at radius 2 is 1.08 bits per heavy atom. The molecule has 134 valence electrons. The maximum atomic E-state index is 10.8. The van der Waals surface area contributed by atoms with Crippen molar-refractivity contribution in [2.75, 3.05) is 0 Å². The maximum Gasteiger partial charge on any atom is 0.128 e. The van der Waals surface area contributed by atoms with E-state index in [-0.39, 0.29) is 0 Å². The van der Waals surface area contributed by atoms with Crippen molar-refractivity contribution in [3.63, 3.8) is 0 Å². The minimum Gasteiger partial charge on any atom is -0.507 e. The second-order valence-electron chi connectivity index (χ2n) is 7.31. The molecule has 1 aromatic carbocycles. The Labute approximate surface area is 155 Å². The fourth-order valence-electron chi connectivity index (χ4n) is 3.51. The summed E-state index contributed by atoms with van der Waals surface area (Å²) in [5.74, 6) is 0.322. The minimum atomic E-state index is 0.322. The standard InChI is InChI=1S/C23H26N2O/c1-12-8-14(3)24-19(9-12)20-10-13(2)11-21(25-20)22-17(6)15(4)16(5)18(7)23(22)26/h8-11,26H,1-7H3. The molecule has 3 aromatic rings. The SMILES string of the molecule is Cc1cc(C)nc(-c2cc(C)cc(-c3c(C)c(C)c(C)c(C)c3O)n2)c1. The molecule has 2 aromatic heterocycles. The zero-order chi connectivity index (χ0) is 19.2. The Morgan fingerprint density at radius 1 is 0.577 bits per heavy atom. The van der Waals surface area contributed by atoms with Gasteiger partial charge in [-0.3, -0.25) is 4.98 Å². The smallest absolute Gasteiger partial charge is 0.128 e. The average Bonchev–Trinajstić information content (AvgIpc) is 2.57. The molecule has 0 amide bonds. The predicted octanol–water partition coefficient (Wildman–Crippen LogP) is 5.68. The van der Waals surface area contributed by atoms with E-state index in [0.717, 1.165) is 50.6 Å². The summed E-state index contributed by atoms with van der Waals surface area (Å²) in [4.78, 5) is 9.52. The van der Waals surface area contributed by atoms with Crippen molar-refractivity contribution in [3.05, 3.63) is 63.3 Å². The van der Waals surface area contributed by atoms with E-state index in [4.69, 9.17) is 4.98 Å². The monoisotopic (exact) mass is 346 g/mol. The fourth-order valence-corrected chi connectivity index (χ4v) is 3.51. The van der Waals surface area contributed by atoms with Crippen LogP contribution in [0.25, 0.3) is 22.6 Å². The van der Waals surface area contributed by atoms with E-state index in [9.17, 15) is 5.11 Å². The number of hydrogen-bond acceptors (Lipinski definition) is 3. The van der Waals surface area contributed by atoms with E-state index >= 15 is 0 Å². The number of rotatable bonds is 2. The van der Waals surface area contributed by atoms with Crippen LogP contribution in [-0.4, -0.2) is 15.1 Å². The molecular formula is C23H26N2O. The Kier molecular flexibility index (Phi) is 4.57. The van der Waals surface area contributed by atoms with E-state index in [1.807, 2.05) is 26.0 Å². The van der Waals surface area contributed by atoms with Gasteiger partial charge in [0.1, 0.15) is 5.75 Å². The number of aryl methyl sites for hydroxylation is 3. The number of phenolic OH excluding ortho intramolecular Hbond substituents is 1. The first kappa shape index (κ1) is 18.1. The molecule has 0 saturated carbocycles. The quantitative estimate of drug-likeness (QED) is 0.650. The molecule has 0 unspecified atom stereocenters. The molecule has 0 aliphatic rings. The zero-order valence-electron chi connectivity index (χ0n) is 16.7. The molecule has 0 fully saturated rings. The second-order valence-corrected chi connectivity index (χ2v) is 7.31. The molecule has 0 radical (unpaired) electrons. The molecule has 0 aliphatic heterocycles. The highest BCUT2D eigenvalue weighted by Gasteiger charge is 2.18. The van der Waals surface area contributed by atoms with Gasteiger partial charge in [-0.05, 0) is 106 Å². The van der Waals surface area contributed by atoms with Gasteiger partial charge < -0.3 is 5.11 Å². The maximum absolute atomic E-state index is 10.8. The first-order valence-corrected chi connectivity index (χ1v) is 8.93. The van der Waals surface area contributed by atoms with Crippen molar-refractivity contribution in [2.45, 2.75) is 48.5 Å². The first-order chi connectivity index (χ1) is 12.2. The van der Waals surface area contributed by atoms with Crippen molar-refractivity contribution < 1.29 is 5.11 Å². The predicted molar refractivity (Wildman–Crippen MR) is 108 cm³/mol. The van der Waals surface area contributed by atoms with Gasteiger partial charge in [-0.25, -0.2) is 4.98 Å². The molecule has 0 atom stereocenters. The molecule has 0 spiro atoms. The van der Waals surface area contributed by atoms with Gasteiger partial charge in [0.15, 0.2) is 0 Å². The first-order valence-electron chi connectivity index (χ1n) is 8.93. The highest BCUT2D eigenvalue weighted by atomic mass is 16.3. The van der Waals surface area contributed by atoms with Crippen LogP contribution in [0.1, 0.15) is 39.1 Å². The summed E-state index contributed by atoms with van der Waals surface area (Å²) in [7, 11) is 0. The van der Waals surface area contributed by atoms with Gasteiger partial charge >= 0.3 is 0 Å². The number of aromatic nitrogens is 2. The number of aromatic hydroxyl groups is 1. The largest absolute Gasteiger partial charge is 0.507 e. The number of phenols is 1. The zero-order valence-corrected chi connectivity index (χ0v) is 16.7. The molecule has 26 heavy (non-hydrogen) atoms. The Hall–Kier alpha value is -2.68. The second kappa shape index (κ2) is 6.56. The van der Waals surface area contributed by atoms with Crippen LogP contribution < -0.4 is 0 Å². The normalized spacial score (nSPS) is 11.0. The van der Waals surface area contributed by atoms with Crippen LogP contribution in [0.5, 0.6) is 5.75 Å². The van der Waals surface area contributed by atoms with Gasteiger partial charge in [0.2, 0.25) is 0 Å². The third-order valence-corrected chi connectivity index (χ3v) is 5.24. The topological polar surface area (TPSA) is 46.0 Å². The third kappa shape index (κ3) is 3.10. The van der Waals surface area contributed by atoms with Gasteiger partial charge in [-0.2, -0.15) is 0 Å². The van der Waals surface area contributed by atoms with Crippen LogP contribution in [0, 0.1) is 48.5 Å². The molecule has 3 heteroatoms.